The number of nitrogens with zero attached hydrogens (tertiary/aromatic N) is 2. The lowest BCUT2D eigenvalue weighted by molar-refractivity contribution is -0.122. The first-order valence-corrected chi connectivity index (χ1v) is 12.9. The Morgan fingerprint density at radius 1 is 1.14 bits per heavy atom. The molecule has 2 N–H and O–H groups in total. The summed E-state index contributed by atoms with van der Waals surface area (Å²) in [6.45, 7) is 6.61. The minimum Gasteiger partial charge on any atom is -0.444 e. The molecule has 1 fully saturated rings. The molecule has 0 aromatic heterocycles. The van der Waals surface area contributed by atoms with Crippen molar-refractivity contribution in [2.24, 2.45) is 0 Å². The molecule has 3 aliphatic rings. The van der Waals surface area contributed by atoms with Gasteiger partial charge in [0.15, 0.2) is 6.23 Å². The minimum atomic E-state index is -0.744. The zero-order valence-corrected chi connectivity index (χ0v) is 21.3. The second kappa shape index (κ2) is 9.62. The Hall–Kier alpha value is -3.32. The fraction of sp³-hybridized carbons (Fsp3) is 0.448. The summed E-state index contributed by atoms with van der Waals surface area (Å²) in [5, 5.41) is 16.1. The van der Waals surface area contributed by atoms with Crippen LogP contribution in [0.15, 0.2) is 54.1 Å². The zero-order valence-electron chi connectivity index (χ0n) is 21.3. The van der Waals surface area contributed by atoms with Gasteiger partial charge in [0, 0.05) is 40.8 Å². The largest absolute Gasteiger partial charge is 0.444 e. The first-order chi connectivity index (χ1) is 17.2. The highest BCUT2D eigenvalue weighted by molar-refractivity contribution is 6.10. The van der Waals surface area contributed by atoms with Crippen molar-refractivity contribution in [3.8, 4) is 0 Å². The van der Waals surface area contributed by atoms with Gasteiger partial charge >= 0.3 is 6.09 Å². The molecule has 2 unspecified atom stereocenters. The van der Waals surface area contributed by atoms with Crippen LogP contribution in [0.25, 0.3) is 10.8 Å². The van der Waals surface area contributed by atoms with E-state index in [9.17, 15) is 14.7 Å². The van der Waals surface area contributed by atoms with Crippen LogP contribution >= 0.6 is 0 Å². The first-order valence-electron chi connectivity index (χ1n) is 12.9. The highest BCUT2D eigenvalue weighted by Crippen LogP contribution is 2.45. The van der Waals surface area contributed by atoms with Crippen LogP contribution in [0.3, 0.4) is 0 Å². The molecule has 1 aliphatic carbocycles. The number of aliphatic hydroxyl groups is 1. The summed E-state index contributed by atoms with van der Waals surface area (Å²) >= 11 is 0. The van der Waals surface area contributed by atoms with Crippen LogP contribution < -0.4 is 10.2 Å². The normalized spacial score (nSPS) is 21.5. The number of ether oxygens (including phenoxy) is 1. The zero-order chi connectivity index (χ0) is 25.4. The van der Waals surface area contributed by atoms with E-state index in [0.717, 1.165) is 47.7 Å². The number of anilines is 2. The summed E-state index contributed by atoms with van der Waals surface area (Å²) in [6, 6.07) is 9.12. The quantitative estimate of drug-likeness (QED) is 0.580. The minimum absolute atomic E-state index is 0.214. The fourth-order valence-electron chi connectivity index (χ4n) is 5.39. The van der Waals surface area contributed by atoms with E-state index in [4.69, 9.17) is 4.74 Å². The van der Waals surface area contributed by atoms with Crippen LogP contribution in [0.1, 0.15) is 64.7 Å². The molecule has 0 saturated carbocycles. The van der Waals surface area contributed by atoms with Crippen molar-refractivity contribution < 1.29 is 19.4 Å². The van der Waals surface area contributed by atoms with Gasteiger partial charge in [-0.1, -0.05) is 36.4 Å². The second-order valence-electron chi connectivity index (χ2n) is 10.8. The number of aliphatic hydroxyl groups excluding tert-OH is 1. The van der Waals surface area contributed by atoms with E-state index >= 15 is 0 Å². The smallest absolute Gasteiger partial charge is 0.410 e. The topological polar surface area (TPSA) is 82.1 Å². The summed E-state index contributed by atoms with van der Waals surface area (Å²) in [6.07, 6.45) is 9.73. The summed E-state index contributed by atoms with van der Waals surface area (Å²) in [4.78, 5) is 29.8. The lowest BCUT2D eigenvalue weighted by atomic mass is 10.0. The maximum atomic E-state index is 13.4. The van der Waals surface area contributed by atoms with Gasteiger partial charge in [-0.05, 0) is 70.6 Å². The van der Waals surface area contributed by atoms with Gasteiger partial charge in [-0.2, -0.15) is 0 Å². The molecule has 2 atom stereocenters. The van der Waals surface area contributed by atoms with Crippen LogP contribution in [0.2, 0.25) is 0 Å². The number of hydrogen-bond donors (Lipinski definition) is 2. The van der Waals surface area contributed by atoms with Gasteiger partial charge in [0.2, 0.25) is 5.91 Å². The van der Waals surface area contributed by atoms with Crippen LogP contribution in [0.4, 0.5) is 16.2 Å². The Morgan fingerprint density at radius 2 is 1.97 bits per heavy atom. The monoisotopic (exact) mass is 489 g/mol. The van der Waals surface area contributed by atoms with Gasteiger partial charge in [-0.15, -0.1) is 0 Å². The third-order valence-corrected chi connectivity index (χ3v) is 7.05. The average Bonchev–Trinajstić information content (AvgIpc) is 3.12. The molecule has 0 bridgehead atoms. The number of piperidine rings is 1. The van der Waals surface area contributed by atoms with Gasteiger partial charge < -0.3 is 20.1 Å². The number of hydrogen-bond acceptors (Lipinski definition) is 5. The number of likely N-dealkylation sites (tertiary alicyclic amines) is 1. The third kappa shape index (κ3) is 4.72. The third-order valence-electron chi connectivity index (χ3n) is 7.05. The van der Waals surface area contributed by atoms with Gasteiger partial charge in [0.1, 0.15) is 11.6 Å². The summed E-state index contributed by atoms with van der Waals surface area (Å²) in [5.74, 6) is -0.214. The average molecular weight is 490 g/mol. The highest BCUT2D eigenvalue weighted by atomic mass is 16.6. The number of benzene rings is 2. The predicted molar refractivity (Wildman–Crippen MR) is 142 cm³/mol. The molecule has 2 aliphatic heterocycles. The van der Waals surface area contributed by atoms with E-state index in [0.29, 0.717) is 25.2 Å². The van der Waals surface area contributed by atoms with Crippen molar-refractivity contribution in [2.45, 2.75) is 70.7 Å². The molecule has 2 amide bonds. The fourth-order valence-corrected chi connectivity index (χ4v) is 5.39. The lowest BCUT2D eigenvalue weighted by Gasteiger charge is -2.35. The van der Waals surface area contributed by atoms with Gasteiger partial charge in [-0.25, -0.2) is 4.79 Å². The van der Waals surface area contributed by atoms with Gasteiger partial charge in [-0.3, -0.25) is 9.69 Å². The molecule has 1 saturated heterocycles. The standard InChI is InChI=1S/C29H35N3O4/c1-29(2,3)36-28(35)31-17-8-7-14-24(31)26(33)30-22-15-16-23-25-20(22)12-9-13-21(25)27(34)32(23)18-19-10-5-4-6-11-19/h5,9-13,15-16,24,27,34H,4,6-8,14,17-18H2,1-3H3,(H,30,33). The van der Waals surface area contributed by atoms with Crippen molar-refractivity contribution in [3.63, 3.8) is 0 Å². The van der Waals surface area contributed by atoms with E-state index < -0.39 is 24.0 Å². The molecule has 5 rings (SSSR count). The SMILES string of the molecule is CC(C)(C)OC(=O)N1CCCCC1C(=O)Nc1ccc2c3c(cccc13)C(O)N2CC1=CCCC=C1. The molecule has 7 nitrogen and oxygen atoms in total. The van der Waals surface area contributed by atoms with Crippen molar-refractivity contribution in [1.29, 1.82) is 0 Å². The Labute approximate surface area is 212 Å². The molecule has 2 heterocycles. The Morgan fingerprint density at radius 3 is 2.72 bits per heavy atom. The molecule has 2 aromatic rings. The number of rotatable bonds is 4. The van der Waals surface area contributed by atoms with Crippen LogP contribution in [0.5, 0.6) is 0 Å². The van der Waals surface area contributed by atoms with E-state index in [1.54, 1.807) is 4.90 Å². The number of carbonyl (C=O) groups is 2. The maximum absolute atomic E-state index is 13.4. The highest BCUT2D eigenvalue weighted by Gasteiger charge is 2.36. The molecule has 7 heteroatoms. The second-order valence-corrected chi connectivity index (χ2v) is 10.8. The van der Waals surface area contributed by atoms with Crippen LogP contribution in [0, 0.1) is 0 Å². The molecule has 36 heavy (non-hydrogen) atoms. The first kappa shape index (κ1) is 24.4. The van der Waals surface area contributed by atoms with E-state index in [2.05, 4.69) is 23.5 Å². The van der Waals surface area contributed by atoms with Crippen molar-refractivity contribution >= 4 is 34.1 Å². The number of amides is 2. The van der Waals surface area contributed by atoms with Gasteiger partial charge in [0.05, 0.1) is 0 Å². The van der Waals surface area contributed by atoms with Crippen LogP contribution in [-0.4, -0.2) is 46.7 Å². The molecule has 0 spiro atoms. The maximum Gasteiger partial charge on any atom is 0.410 e. The molecular formula is C29H35N3O4. The summed E-state index contributed by atoms with van der Waals surface area (Å²) < 4.78 is 5.57. The summed E-state index contributed by atoms with van der Waals surface area (Å²) in [5.41, 5.74) is 3.05. The number of carbonyl (C=O) groups excluding carboxylic acids is 2. The van der Waals surface area contributed by atoms with Crippen molar-refractivity contribution in [2.75, 3.05) is 23.3 Å². The summed E-state index contributed by atoms with van der Waals surface area (Å²) in [7, 11) is 0. The Balaban J connectivity index is 1.41. The Bertz CT molecular complexity index is 1240. The van der Waals surface area contributed by atoms with Crippen LogP contribution in [-0.2, 0) is 9.53 Å². The predicted octanol–water partition coefficient (Wildman–Crippen LogP) is 5.66. The van der Waals surface area contributed by atoms with Gasteiger partial charge in [0.25, 0.3) is 0 Å². The van der Waals surface area contributed by atoms with E-state index in [1.165, 1.54) is 5.57 Å². The molecule has 0 radical (unpaired) electrons. The lowest BCUT2D eigenvalue weighted by Crippen LogP contribution is -2.51. The number of nitrogens with one attached hydrogen (secondary N) is 1. The van der Waals surface area contributed by atoms with E-state index in [-0.39, 0.29) is 5.91 Å². The van der Waals surface area contributed by atoms with E-state index in [1.807, 2.05) is 56.0 Å². The molecule has 2 aromatic carbocycles. The van der Waals surface area contributed by atoms with Crippen molar-refractivity contribution in [1.82, 2.24) is 4.90 Å². The molecular weight excluding hydrogens is 454 g/mol. The molecule has 190 valence electrons. The Kier molecular flexibility index (Phi) is 6.51. The van der Waals surface area contributed by atoms with Crippen molar-refractivity contribution in [3.05, 3.63) is 59.7 Å². The number of allylic oxidation sites excluding steroid dienone is 2.